The van der Waals surface area contributed by atoms with Gasteiger partial charge in [-0.3, -0.25) is 0 Å². The second-order valence-corrected chi connectivity index (χ2v) is 5.37. The van der Waals surface area contributed by atoms with Crippen molar-refractivity contribution in [1.29, 1.82) is 0 Å². The summed E-state index contributed by atoms with van der Waals surface area (Å²) in [6.07, 6.45) is 3.86. The Bertz CT molecular complexity index is 498. The largest absolute Gasteiger partial charge is 0.335 e. The second-order valence-electron chi connectivity index (χ2n) is 5.37. The molecule has 2 amide bonds. The minimum absolute atomic E-state index is 0.209. The van der Waals surface area contributed by atoms with Gasteiger partial charge in [0.2, 0.25) is 0 Å². The van der Waals surface area contributed by atoms with E-state index in [4.69, 9.17) is 0 Å². The summed E-state index contributed by atoms with van der Waals surface area (Å²) >= 11 is 0. The number of benzene rings is 1. The molecule has 0 spiro atoms. The molecule has 0 radical (unpaired) electrons. The van der Waals surface area contributed by atoms with Crippen molar-refractivity contribution in [3.8, 4) is 0 Å². The molecular weight excluding hydrogens is 250 g/mol. The monoisotopic (exact) mass is 266 g/mol. The second kappa shape index (κ2) is 4.79. The van der Waals surface area contributed by atoms with Crippen LogP contribution in [0.3, 0.4) is 0 Å². The third kappa shape index (κ3) is 3.03. The number of hydrogen-bond donors (Lipinski definition) is 2. The summed E-state index contributed by atoms with van der Waals surface area (Å²) < 4.78 is 27.0. The lowest BCUT2D eigenvalue weighted by Crippen LogP contribution is -2.40. The lowest BCUT2D eigenvalue weighted by molar-refractivity contribution is 0.234. The predicted molar refractivity (Wildman–Crippen MR) is 66.5 cm³/mol. The molecule has 2 saturated carbocycles. The lowest BCUT2D eigenvalue weighted by Gasteiger charge is -2.19. The Morgan fingerprint density at radius 3 is 2.58 bits per heavy atom. The molecule has 0 aliphatic heterocycles. The van der Waals surface area contributed by atoms with Crippen molar-refractivity contribution in [3.63, 3.8) is 0 Å². The summed E-state index contributed by atoms with van der Waals surface area (Å²) in [5.74, 6) is -0.738. The number of hydrogen-bond acceptors (Lipinski definition) is 1. The van der Waals surface area contributed by atoms with Gasteiger partial charge in [0.05, 0.1) is 6.04 Å². The maximum atomic E-state index is 13.8. The topological polar surface area (TPSA) is 41.1 Å². The third-order valence-electron chi connectivity index (χ3n) is 3.59. The van der Waals surface area contributed by atoms with Crippen molar-refractivity contribution in [2.45, 2.75) is 37.8 Å². The van der Waals surface area contributed by atoms with Gasteiger partial charge in [-0.05, 0) is 49.8 Å². The first kappa shape index (κ1) is 12.4. The van der Waals surface area contributed by atoms with Crippen LogP contribution in [0.4, 0.5) is 13.6 Å². The molecule has 2 aliphatic rings. The van der Waals surface area contributed by atoms with Gasteiger partial charge < -0.3 is 10.6 Å². The number of carbonyl (C=O) groups excluding carboxylic acids is 1. The molecule has 1 aromatic rings. The summed E-state index contributed by atoms with van der Waals surface area (Å²) in [6, 6.07) is 2.90. The van der Waals surface area contributed by atoms with E-state index in [0.29, 0.717) is 0 Å². The molecule has 2 aliphatic carbocycles. The minimum Gasteiger partial charge on any atom is -0.335 e. The van der Waals surface area contributed by atoms with E-state index in [9.17, 15) is 13.6 Å². The highest BCUT2D eigenvalue weighted by molar-refractivity contribution is 5.75. The molecule has 2 N–H and O–H groups in total. The number of urea groups is 1. The Morgan fingerprint density at radius 2 is 1.95 bits per heavy atom. The lowest BCUT2D eigenvalue weighted by atomic mass is 10.0. The van der Waals surface area contributed by atoms with Crippen LogP contribution in [-0.4, -0.2) is 12.1 Å². The standard InChI is InChI=1S/C14H16F2N2O/c15-9-3-6-12(16)11(7-9)13(8-1-2-8)18-14(19)17-10-4-5-10/h3,6-8,10,13H,1-2,4-5H2,(H2,17,18,19)/t13-/m0/s1. The highest BCUT2D eigenvalue weighted by Gasteiger charge is 2.36. The average Bonchev–Trinajstić information content (AvgIpc) is 3.22. The van der Waals surface area contributed by atoms with Gasteiger partial charge in [0.1, 0.15) is 11.6 Å². The van der Waals surface area contributed by atoms with E-state index in [-0.39, 0.29) is 23.6 Å². The molecule has 0 bridgehead atoms. The molecule has 0 saturated heterocycles. The van der Waals surface area contributed by atoms with Crippen LogP contribution in [0.1, 0.15) is 37.3 Å². The number of nitrogens with one attached hydrogen (secondary N) is 2. The fraction of sp³-hybridized carbons (Fsp3) is 0.500. The summed E-state index contributed by atoms with van der Waals surface area (Å²) in [6.45, 7) is 0. The van der Waals surface area contributed by atoms with Crippen LogP contribution in [0.2, 0.25) is 0 Å². The van der Waals surface area contributed by atoms with E-state index in [1.165, 1.54) is 6.07 Å². The summed E-state index contributed by atoms with van der Waals surface area (Å²) in [4.78, 5) is 11.8. The molecule has 1 atom stereocenters. The van der Waals surface area contributed by atoms with Crippen molar-refractivity contribution < 1.29 is 13.6 Å². The highest BCUT2D eigenvalue weighted by Crippen LogP contribution is 2.41. The normalized spacial score (nSPS) is 19.9. The molecular formula is C14H16F2N2O. The van der Waals surface area contributed by atoms with Gasteiger partial charge in [0.15, 0.2) is 0 Å². The molecule has 0 aromatic heterocycles. The van der Waals surface area contributed by atoms with Crippen molar-refractivity contribution in [2.24, 2.45) is 5.92 Å². The van der Waals surface area contributed by atoms with Crippen LogP contribution < -0.4 is 10.6 Å². The third-order valence-corrected chi connectivity index (χ3v) is 3.59. The van der Waals surface area contributed by atoms with Gasteiger partial charge in [0.25, 0.3) is 0 Å². The summed E-state index contributed by atoms with van der Waals surface area (Å²) in [5, 5.41) is 5.58. The molecule has 3 rings (SSSR count). The van der Waals surface area contributed by atoms with Gasteiger partial charge in [-0.15, -0.1) is 0 Å². The first-order valence-corrected chi connectivity index (χ1v) is 6.65. The van der Waals surface area contributed by atoms with Crippen LogP contribution in [0.15, 0.2) is 18.2 Å². The van der Waals surface area contributed by atoms with Gasteiger partial charge in [-0.25, -0.2) is 13.6 Å². The quantitative estimate of drug-likeness (QED) is 0.864. The van der Waals surface area contributed by atoms with Crippen molar-refractivity contribution in [2.75, 3.05) is 0 Å². The van der Waals surface area contributed by atoms with Gasteiger partial charge in [-0.1, -0.05) is 0 Å². The number of rotatable bonds is 4. The summed E-state index contributed by atoms with van der Waals surface area (Å²) in [7, 11) is 0. The molecule has 3 nitrogen and oxygen atoms in total. The van der Waals surface area contributed by atoms with Crippen molar-refractivity contribution in [3.05, 3.63) is 35.4 Å². The van der Waals surface area contributed by atoms with Crippen LogP contribution in [0, 0.1) is 17.6 Å². The fourth-order valence-corrected chi connectivity index (χ4v) is 2.23. The molecule has 0 unspecified atom stereocenters. The zero-order valence-electron chi connectivity index (χ0n) is 10.5. The molecule has 19 heavy (non-hydrogen) atoms. The van der Waals surface area contributed by atoms with E-state index >= 15 is 0 Å². The van der Waals surface area contributed by atoms with Gasteiger partial charge in [0, 0.05) is 11.6 Å². The molecule has 5 heteroatoms. The fourth-order valence-electron chi connectivity index (χ4n) is 2.23. The highest BCUT2D eigenvalue weighted by atomic mass is 19.1. The van der Waals surface area contributed by atoms with Crippen molar-refractivity contribution >= 4 is 6.03 Å². The predicted octanol–water partition coefficient (Wildman–Crippen LogP) is 2.88. The van der Waals surface area contributed by atoms with E-state index in [2.05, 4.69) is 10.6 Å². The zero-order chi connectivity index (χ0) is 13.4. The van der Waals surface area contributed by atoms with E-state index in [0.717, 1.165) is 37.8 Å². The Balaban J connectivity index is 1.75. The number of amides is 2. The van der Waals surface area contributed by atoms with Crippen LogP contribution in [0.25, 0.3) is 0 Å². The first-order valence-electron chi connectivity index (χ1n) is 6.65. The van der Waals surface area contributed by atoms with Crippen LogP contribution in [-0.2, 0) is 0 Å². The smallest absolute Gasteiger partial charge is 0.315 e. The number of carbonyl (C=O) groups is 1. The maximum Gasteiger partial charge on any atom is 0.315 e. The van der Waals surface area contributed by atoms with E-state index in [1.807, 2.05) is 0 Å². The van der Waals surface area contributed by atoms with Crippen LogP contribution >= 0.6 is 0 Å². The summed E-state index contributed by atoms with van der Waals surface area (Å²) in [5.41, 5.74) is 0.244. The number of halogens is 2. The SMILES string of the molecule is O=C(NC1CC1)N[C@H](c1cc(F)ccc1F)C1CC1. The Kier molecular flexibility index (Phi) is 3.12. The first-order chi connectivity index (χ1) is 9.13. The average molecular weight is 266 g/mol. The minimum atomic E-state index is -0.480. The Hall–Kier alpha value is -1.65. The molecule has 1 aromatic carbocycles. The molecule has 0 heterocycles. The zero-order valence-corrected chi connectivity index (χ0v) is 10.5. The Morgan fingerprint density at radius 1 is 1.21 bits per heavy atom. The van der Waals surface area contributed by atoms with E-state index in [1.54, 1.807) is 0 Å². The van der Waals surface area contributed by atoms with Gasteiger partial charge >= 0.3 is 6.03 Å². The molecule has 102 valence electrons. The van der Waals surface area contributed by atoms with Gasteiger partial charge in [-0.2, -0.15) is 0 Å². The van der Waals surface area contributed by atoms with Crippen molar-refractivity contribution in [1.82, 2.24) is 10.6 Å². The Labute approximate surface area is 110 Å². The molecule has 2 fully saturated rings. The van der Waals surface area contributed by atoms with Crippen LogP contribution in [0.5, 0.6) is 0 Å². The maximum absolute atomic E-state index is 13.8. The van der Waals surface area contributed by atoms with E-state index < -0.39 is 17.7 Å².